The van der Waals surface area contributed by atoms with Gasteiger partial charge < -0.3 is 39.8 Å². The van der Waals surface area contributed by atoms with E-state index in [2.05, 4.69) is 33.4 Å². The third kappa shape index (κ3) is 7.43. The van der Waals surface area contributed by atoms with E-state index in [-0.39, 0.29) is 11.7 Å². The normalized spacial score (nSPS) is 29.8. The summed E-state index contributed by atoms with van der Waals surface area (Å²) in [6.45, 7) is 6.43. The van der Waals surface area contributed by atoms with Gasteiger partial charge in [0.05, 0.1) is 12.9 Å². The highest BCUT2D eigenvalue weighted by atomic mass is 31.3. The van der Waals surface area contributed by atoms with Crippen LogP contribution in [0.15, 0.2) is 12.7 Å². The molecule has 0 saturated carbocycles. The predicted octanol–water partition coefficient (Wildman–Crippen LogP) is 0.568. The number of ether oxygens (including phenoxy) is 1. The van der Waals surface area contributed by atoms with E-state index in [1.54, 1.807) is 0 Å². The van der Waals surface area contributed by atoms with E-state index in [1.807, 2.05) is 27.7 Å². The standard InChI is InChI=1S/C19H32N6O14P3/c1-18(2)5-10(6-19(3,4)25(18)28)23-15-12-16(21-8-20-15)24(9-22-12)17-14(27)13(26)11(37-17)7-36-41(32,33)39-42(34,35)38-40(29,30)31/h8-11,13-14,17,26-27H,5-7H2,1-4H3,(H,32,33)(H,34,35)(H,20,21,23)(H2,29,30,31)/t11-,13-,14-,17-/m1/s1. The molecule has 42 heavy (non-hydrogen) atoms. The Labute approximate surface area is 238 Å². The second-order valence-corrected chi connectivity index (χ2v) is 15.6. The maximum atomic E-state index is 12.7. The molecule has 4 rings (SSSR count). The summed E-state index contributed by atoms with van der Waals surface area (Å²) in [6, 6.07) is -0.141. The lowest BCUT2D eigenvalue weighted by Crippen LogP contribution is -2.60. The molecule has 0 bridgehead atoms. The zero-order valence-electron chi connectivity index (χ0n) is 22.7. The van der Waals surface area contributed by atoms with Crippen LogP contribution in [0, 0.1) is 0 Å². The van der Waals surface area contributed by atoms with Crippen molar-refractivity contribution in [2.24, 2.45) is 0 Å². The summed E-state index contributed by atoms with van der Waals surface area (Å²) in [5, 5.41) is 38.2. The number of hydrogen-bond donors (Lipinski definition) is 7. The Hall–Kier alpha value is -1.44. The number of phosphoric acid groups is 3. The minimum Gasteiger partial charge on any atom is -0.387 e. The highest BCUT2D eigenvalue weighted by Gasteiger charge is 2.48. The minimum absolute atomic E-state index is 0.141. The maximum absolute atomic E-state index is 12.7. The number of aliphatic hydroxyl groups excluding tert-OH is 2. The van der Waals surface area contributed by atoms with Crippen molar-refractivity contribution in [3.05, 3.63) is 12.7 Å². The highest BCUT2D eigenvalue weighted by Crippen LogP contribution is 2.66. The van der Waals surface area contributed by atoms with Crippen molar-refractivity contribution < 1.29 is 66.6 Å². The molecular formula is C19H32N6O14P3. The largest absolute Gasteiger partial charge is 0.490 e. The van der Waals surface area contributed by atoms with Gasteiger partial charge >= 0.3 is 23.5 Å². The molecule has 2 fully saturated rings. The molecule has 0 aliphatic carbocycles. The van der Waals surface area contributed by atoms with Crippen LogP contribution in [0.3, 0.4) is 0 Å². The molecule has 237 valence electrons. The van der Waals surface area contributed by atoms with Gasteiger partial charge in [-0.1, -0.05) is 0 Å². The molecule has 2 aromatic heterocycles. The fourth-order valence-corrected chi connectivity index (χ4v) is 8.30. The van der Waals surface area contributed by atoms with Crippen LogP contribution >= 0.6 is 23.5 Å². The summed E-state index contributed by atoms with van der Waals surface area (Å²) in [4.78, 5) is 49.0. The van der Waals surface area contributed by atoms with Gasteiger partial charge in [-0.05, 0) is 40.5 Å². The van der Waals surface area contributed by atoms with Crippen molar-refractivity contribution in [2.45, 2.75) is 82.2 Å². The van der Waals surface area contributed by atoms with Gasteiger partial charge in [-0.3, -0.25) is 9.09 Å². The number of aromatic nitrogens is 4. The van der Waals surface area contributed by atoms with Crippen LogP contribution in [0.5, 0.6) is 0 Å². The Morgan fingerprint density at radius 3 is 2.19 bits per heavy atom. The second-order valence-electron chi connectivity index (χ2n) is 11.1. The Bertz CT molecular complexity index is 1430. The zero-order valence-corrected chi connectivity index (χ0v) is 25.4. The number of rotatable bonds is 10. The van der Waals surface area contributed by atoms with Crippen molar-refractivity contribution in [1.29, 1.82) is 0 Å². The molecule has 2 saturated heterocycles. The van der Waals surface area contributed by atoms with E-state index >= 15 is 0 Å². The van der Waals surface area contributed by atoms with Crippen LogP contribution < -0.4 is 5.32 Å². The van der Waals surface area contributed by atoms with Crippen molar-refractivity contribution in [1.82, 2.24) is 24.6 Å². The zero-order chi connectivity index (χ0) is 31.5. The number of nitrogens with one attached hydrogen (secondary N) is 1. The summed E-state index contributed by atoms with van der Waals surface area (Å²) in [5.74, 6) is 0.354. The Balaban J connectivity index is 1.47. The van der Waals surface area contributed by atoms with Crippen LogP contribution in [0.25, 0.3) is 11.2 Å². The fourth-order valence-electron chi connectivity index (χ4n) is 5.27. The van der Waals surface area contributed by atoms with Crippen LogP contribution in [0.1, 0.15) is 46.8 Å². The maximum Gasteiger partial charge on any atom is 0.490 e. The van der Waals surface area contributed by atoms with Crippen LogP contribution in [-0.4, -0.2) is 96.4 Å². The van der Waals surface area contributed by atoms with Crippen LogP contribution in [0.4, 0.5) is 5.82 Å². The first kappa shape index (κ1) is 33.5. The average Bonchev–Trinajstić information content (AvgIpc) is 3.35. The van der Waals surface area contributed by atoms with Gasteiger partial charge in [0.1, 0.15) is 24.6 Å². The minimum atomic E-state index is -5.74. The van der Waals surface area contributed by atoms with Gasteiger partial charge in [-0.15, -0.1) is 10.3 Å². The molecule has 0 aromatic carbocycles. The number of imidazole rings is 1. The molecule has 2 aliphatic rings. The number of aliphatic hydroxyl groups is 2. The smallest absolute Gasteiger partial charge is 0.387 e. The van der Waals surface area contributed by atoms with Crippen molar-refractivity contribution in [3.63, 3.8) is 0 Å². The quantitative estimate of drug-likeness (QED) is 0.171. The molecule has 4 heterocycles. The number of hydrogen-bond acceptors (Lipinski definition) is 14. The molecule has 6 atom stereocenters. The monoisotopic (exact) mass is 661 g/mol. The fraction of sp³-hybridized carbons (Fsp3) is 0.737. The first-order valence-electron chi connectivity index (χ1n) is 12.3. The van der Waals surface area contributed by atoms with Crippen molar-refractivity contribution >= 4 is 40.4 Å². The van der Waals surface area contributed by atoms with Gasteiger partial charge in [0.25, 0.3) is 0 Å². The van der Waals surface area contributed by atoms with Crippen LogP contribution in [0.2, 0.25) is 0 Å². The molecule has 7 N–H and O–H groups in total. The summed E-state index contributed by atoms with van der Waals surface area (Å²) in [7, 11) is -16.8. The van der Waals surface area contributed by atoms with Gasteiger partial charge in [-0.25, -0.2) is 28.6 Å². The van der Waals surface area contributed by atoms with Gasteiger partial charge in [0, 0.05) is 17.1 Å². The van der Waals surface area contributed by atoms with Crippen LogP contribution in [-0.2, 0) is 36.8 Å². The second kappa shape index (κ2) is 11.5. The Kier molecular flexibility index (Phi) is 9.15. The highest BCUT2D eigenvalue weighted by molar-refractivity contribution is 7.66. The summed E-state index contributed by atoms with van der Waals surface area (Å²) >= 11 is 0. The van der Waals surface area contributed by atoms with Gasteiger partial charge in [-0.2, -0.15) is 8.62 Å². The van der Waals surface area contributed by atoms with E-state index in [0.29, 0.717) is 24.2 Å². The van der Waals surface area contributed by atoms with E-state index in [0.717, 1.165) is 5.06 Å². The Morgan fingerprint density at radius 2 is 1.60 bits per heavy atom. The molecule has 2 aromatic rings. The van der Waals surface area contributed by atoms with E-state index < -0.39 is 65.7 Å². The number of piperidine rings is 1. The lowest BCUT2D eigenvalue weighted by atomic mass is 9.79. The third-order valence-electron chi connectivity index (χ3n) is 6.72. The summed E-state index contributed by atoms with van der Waals surface area (Å²) < 4.78 is 53.0. The predicted molar refractivity (Wildman–Crippen MR) is 138 cm³/mol. The van der Waals surface area contributed by atoms with E-state index in [1.165, 1.54) is 17.2 Å². The first-order chi connectivity index (χ1) is 19.1. The van der Waals surface area contributed by atoms with Crippen molar-refractivity contribution in [3.8, 4) is 0 Å². The SMILES string of the molecule is CC1(C)CC(Nc2ncnc3c2ncn3[C@@H]2O[C@H](COP(=O)(O)OP(=O)(O)OP(=O)(O)O)[C@@H](O)[C@H]2O)CC(C)(C)N1[O]. The number of phosphoric ester groups is 1. The molecule has 0 spiro atoms. The lowest BCUT2D eigenvalue weighted by Gasteiger charge is -2.50. The molecule has 20 nitrogen and oxygen atoms in total. The molecule has 0 amide bonds. The molecule has 23 heteroatoms. The van der Waals surface area contributed by atoms with E-state index in [4.69, 9.17) is 14.5 Å². The third-order valence-corrected chi connectivity index (χ3v) is 10.5. The summed E-state index contributed by atoms with van der Waals surface area (Å²) in [6.07, 6.45) is -2.62. The van der Waals surface area contributed by atoms with E-state index in [9.17, 15) is 38.9 Å². The topological polar surface area (TPSA) is 288 Å². The Morgan fingerprint density at radius 1 is 0.976 bits per heavy atom. The lowest BCUT2D eigenvalue weighted by molar-refractivity contribution is -0.288. The molecular weight excluding hydrogens is 629 g/mol. The molecule has 1 radical (unpaired) electrons. The number of hydroxylamine groups is 2. The summed E-state index contributed by atoms with van der Waals surface area (Å²) in [5.41, 5.74) is -0.814. The number of anilines is 1. The number of nitrogens with zero attached hydrogens (tertiary/aromatic N) is 5. The van der Waals surface area contributed by atoms with Crippen molar-refractivity contribution in [2.75, 3.05) is 11.9 Å². The van der Waals surface area contributed by atoms with Gasteiger partial charge in [0.15, 0.2) is 23.2 Å². The molecule has 2 aliphatic heterocycles. The average molecular weight is 661 g/mol. The first-order valence-corrected chi connectivity index (χ1v) is 16.8. The number of fused-ring (bicyclic) bond motifs is 1. The van der Waals surface area contributed by atoms with Gasteiger partial charge in [0.2, 0.25) is 0 Å². The molecule has 2 unspecified atom stereocenters.